The molecule has 164 valence electrons. The number of aryl methyl sites for hydroxylation is 2. The molecule has 0 atom stereocenters. The van der Waals surface area contributed by atoms with Crippen molar-refractivity contribution >= 4 is 51.6 Å². The number of aromatic nitrogens is 4. The standard InChI is InChI=1S/C21H19ClFN7O2/c1-24-20(31)12-5-7-16(27-15-6-4-11(23)8-25-15)28-19(12)26-14-10-29(2)18-13(22)9-30(3)21(32)17(14)18/h4-10H,1-3H3,(H,24,31)(H2,25,26,27,28)/i1D3,3D3. The second-order valence-corrected chi connectivity index (χ2v) is 7.10. The van der Waals surface area contributed by atoms with E-state index >= 15 is 0 Å². The fraction of sp³-hybridized carbons (Fsp3) is 0.143. The molecule has 9 nitrogen and oxygen atoms in total. The Kier molecular flexibility index (Phi) is 3.89. The van der Waals surface area contributed by atoms with Crippen LogP contribution in [0.4, 0.5) is 27.5 Å². The van der Waals surface area contributed by atoms with Crippen LogP contribution in [0.3, 0.4) is 0 Å². The molecule has 4 aromatic heterocycles. The number of fused-ring (bicyclic) bond motifs is 1. The molecule has 32 heavy (non-hydrogen) atoms. The largest absolute Gasteiger partial charge is 0.355 e. The number of carbonyl (C=O) groups is 1. The Morgan fingerprint density at radius 3 is 2.69 bits per heavy atom. The van der Waals surface area contributed by atoms with Crippen LogP contribution in [0.15, 0.2) is 47.7 Å². The third-order valence-corrected chi connectivity index (χ3v) is 4.85. The highest BCUT2D eigenvalue weighted by molar-refractivity contribution is 6.35. The Morgan fingerprint density at radius 1 is 1.16 bits per heavy atom. The van der Waals surface area contributed by atoms with E-state index in [-0.39, 0.29) is 44.6 Å². The Morgan fingerprint density at radius 2 is 1.97 bits per heavy atom. The van der Waals surface area contributed by atoms with E-state index in [0.717, 1.165) is 12.4 Å². The summed E-state index contributed by atoms with van der Waals surface area (Å²) in [4.78, 5) is 34.1. The molecule has 4 aromatic rings. The van der Waals surface area contributed by atoms with Gasteiger partial charge in [-0.25, -0.2) is 14.4 Å². The summed E-state index contributed by atoms with van der Waals surface area (Å²) in [6.45, 7) is -5.62. The Hall–Kier alpha value is -3.92. The molecule has 0 aliphatic carbocycles. The van der Waals surface area contributed by atoms with Gasteiger partial charge in [0.05, 0.1) is 33.4 Å². The van der Waals surface area contributed by atoms with E-state index in [2.05, 4.69) is 20.6 Å². The molecule has 0 saturated heterocycles. The van der Waals surface area contributed by atoms with Crippen LogP contribution in [0, 0.1) is 5.82 Å². The third-order valence-electron chi connectivity index (χ3n) is 4.57. The van der Waals surface area contributed by atoms with Crippen molar-refractivity contribution in [2.45, 2.75) is 0 Å². The molecule has 0 radical (unpaired) electrons. The van der Waals surface area contributed by atoms with Crippen LogP contribution in [-0.4, -0.2) is 32.0 Å². The van der Waals surface area contributed by atoms with Crippen LogP contribution < -0.4 is 21.5 Å². The Bertz CT molecular complexity index is 1600. The zero-order chi connectivity index (χ0) is 28.0. The van der Waals surface area contributed by atoms with E-state index in [9.17, 15) is 14.0 Å². The molecule has 3 N–H and O–H groups in total. The predicted octanol–water partition coefficient (Wildman–Crippen LogP) is 3.31. The van der Waals surface area contributed by atoms with Gasteiger partial charge in [-0.2, -0.15) is 0 Å². The maximum Gasteiger partial charge on any atom is 0.261 e. The summed E-state index contributed by atoms with van der Waals surface area (Å²) in [5, 5.41) is 7.41. The first-order valence-corrected chi connectivity index (χ1v) is 9.42. The minimum atomic E-state index is -2.82. The molecule has 4 heterocycles. The van der Waals surface area contributed by atoms with Crippen LogP contribution in [0.25, 0.3) is 10.9 Å². The van der Waals surface area contributed by atoms with Crippen LogP contribution in [0.1, 0.15) is 18.6 Å². The second-order valence-electron chi connectivity index (χ2n) is 6.69. The Balaban J connectivity index is 1.85. The quantitative estimate of drug-likeness (QED) is 0.421. The molecule has 0 bridgehead atoms. The first kappa shape index (κ1) is 15.0. The number of nitrogens with one attached hydrogen (secondary N) is 3. The summed E-state index contributed by atoms with van der Waals surface area (Å²) in [5.41, 5.74) is -0.807. The number of amides is 1. The van der Waals surface area contributed by atoms with E-state index < -0.39 is 31.2 Å². The number of hydrogen-bond acceptors (Lipinski definition) is 6. The van der Waals surface area contributed by atoms with Crippen molar-refractivity contribution < 1.29 is 17.4 Å². The topological polar surface area (TPSA) is 106 Å². The average Bonchev–Trinajstić information content (AvgIpc) is 3.12. The van der Waals surface area contributed by atoms with Crippen LogP contribution >= 0.6 is 11.6 Å². The van der Waals surface area contributed by atoms with Gasteiger partial charge < -0.3 is 25.1 Å². The summed E-state index contributed by atoms with van der Waals surface area (Å²) in [5.74, 6) is -1.37. The average molecular weight is 462 g/mol. The number of halogens is 2. The van der Waals surface area contributed by atoms with Gasteiger partial charge in [0.2, 0.25) is 0 Å². The highest BCUT2D eigenvalue weighted by Gasteiger charge is 2.19. The fourth-order valence-corrected chi connectivity index (χ4v) is 3.49. The van der Waals surface area contributed by atoms with Gasteiger partial charge in [-0.05, 0) is 24.3 Å². The van der Waals surface area contributed by atoms with Gasteiger partial charge in [-0.3, -0.25) is 9.59 Å². The van der Waals surface area contributed by atoms with Crippen molar-refractivity contribution in [3.8, 4) is 0 Å². The Labute approximate surface area is 195 Å². The van der Waals surface area contributed by atoms with Gasteiger partial charge in [-0.15, -0.1) is 0 Å². The van der Waals surface area contributed by atoms with E-state index in [1.807, 2.05) is 5.32 Å². The fourth-order valence-electron chi connectivity index (χ4n) is 3.16. The number of anilines is 4. The van der Waals surface area contributed by atoms with Crippen LogP contribution in [0.2, 0.25) is 5.02 Å². The smallest absolute Gasteiger partial charge is 0.261 e. The monoisotopic (exact) mass is 461 g/mol. The molecule has 0 unspecified atom stereocenters. The molecule has 0 aromatic carbocycles. The van der Waals surface area contributed by atoms with E-state index in [4.69, 9.17) is 19.8 Å². The first-order chi connectivity index (χ1) is 17.6. The van der Waals surface area contributed by atoms with E-state index in [1.54, 1.807) is 7.05 Å². The highest BCUT2D eigenvalue weighted by atomic mass is 35.5. The molecule has 0 saturated carbocycles. The highest BCUT2D eigenvalue weighted by Crippen LogP contribution is 2.31. The maximum atomic E-state index is 13.2. The van der Waals surface area contributed by atoms with Crippen molar-refractivity contribution in [3.63, 3.8) is 0 Å². The molecule has 1 amide bonds. The van der Waals surface area contributed by atoms with Gasteiger partial charge in [0.25, 0.3) is 11.5 Å². The van der Waals surface area contributed by atoms with Crippen LogP contribution in [-0.2, 0) is 14.0 Å². The number of carbonyl (C=O) groups excluding carboxylic acids is 1. The molecular weight excluding hydrogens is 437 g/mol. The SMILES string of the molecule is [2H]C([2H])([2H])NC(=O)c1ccc(Nc2ccc(F)cn2)nc1Nc1cn(C)c2c(Cl)cn(C([2H])([2H])[2H])c(=O)c12. The van der Waals surface area contributed by atoms with Gasteiger partial charge in [0.15, 0.2) is 0 Å². The molecule has 0 spiro atoms. The van der Waals surface area contributed by atoms with Gasteiger partial charge in [-0.1, -0.05) is 11.6 Å². The minimum absolute atomic E-state index is 0.0163. The zero-order valence-electron chi connectivity index (χ0n) is 22.4. The van der Waals surface area contributed by atoms with Crippen molar-refractivity contribution in [1.29, 1.82) is 0 Å². The lowest BCUT2D eigenvalue weighted by Crippen LogP contribution is -2.20. The number of rotatable bonds is 5. The first-order valence-electron chi connectivity index (χ1n) is 12.0. The lowest BCUT2D eigenvalue weighted by atomic mass is 10.2. The molecular formula is C21H19ClFN7O2. The summed E-state index contributed by atoms with van der Waals surface area (Å²) in [6.07, 6.45) is 3.43. The molecule has 11 heteroatoms. The zero-order valence-corrected chi connectivity index (χ0v) is 17.2. The lowest BCUT2D eigenvalue weighted by Gasteiger charge is -2.12. The number of nitrogens with zero attached hydrogens (tertiary/aromatic N) is 4. The molecule has 0 aliphatic heterocycles. The third kappa shape index (κ3) is 3.87. The number of hydrogen-bond donors (Lipinski definition) is 3. The maximum absolute atomic E-state index is 13.2. The van der Waals surface area contributed by atoms with Crippen LogP contribution in [0.5, 0.6) is 0 Å². The predicted molar refractivity (Wildman–Crippen MR) is 122 cm³/mol. The lowest BCUT2D eigenvalue weighted by molar-refractivity contribution is 0.0963. The summed E-state index contributed by atoms with van der Waals surface area (Å²) in [7, 11) is 1.58. The van der Waals surface area contributed by atoms with E-state index in [1.165, 1.54) is 35.0 Å². The molecule has 4 rings (SSSR count). The van der Waals surface area contributed by atoms with Crippen molar-refractivity contribution in [2.75, 3.05) is 17.6 Å². The molecule has 0 fully saturated rings. The van der Waals surface area contributed by atoms with Crippen molar-refractivity contribution in [2.24, 2.45) is 14.0 Å². The normalized spacial score (nSPS) is 14.5. The summed E-state index contributed by atoms with van der Waals surface area (Å²) in [6, 6.07) is 5.17. The summed E-state index contributed by atoms with van der Waals surface area (Å²) >= 11 is 6.30. The van der Waals surface area contributed by atoms with Crippen molar-refractivity contribution in [1.82, 2.24) is 24.4 Å². The number of pyridine rings is 3. The van der Waals surface area contributed by atoms with Gasteiger partial charge in [0.1, 0.15) is 23.3 Å². The van der Waals surface area contributed by atoms with Gasteiger partial charge >= 0.3 is 0 Å². The summed E-state index contributed by atoms with van der Waals surface area (Å²) < 4.78 is 60.2. The second kappa shape index (κ2) is 8.31. The molecule has 0 aliphatic rings. The van der Waals surface area contributed by atoms with Gasteiger partial charge in [0, 0.05) is 41.6 Å². The van der Waals surface area contributed by atoms with Crippen molar-refractivity contribution in [3.05, 3.63) is 69.6 Å². The minimum Gasteiger partial charge on any atom is -0.355 e. The van der Waals surface area contributed by atoms with E-state index in [0.29, 0.717) is 4.57 Å².